The summed E-state index contributed by atoms with van der Waals surface area (Å²) in [5.74, 6) is -0.581. The van der Waals surface area contributed by atoms with Gasteiger partial charge in [-0.05, 0) is 42.7 Å². The van der Waals surface area contributed by atoms with Crippen LogP contribution in [0.1, 0.15) is 40.9 Å². The predicted octanol–water partition coefficient (Wildman–Crippen LogP) is 2.94. The van der Waals surface area contributed by atoms with Crippen LogP contribution >= 0.6 is 0 Å². The van der Waals surface area contributed by atoms with Gasteiger partial charge in [0.25, 0.3) is 5.91 Å². The van der Waals surface area contributed by atoms with Gasteiger partial charge in [-0.1, -0.05) is 43.7 Å². The summed E-state index contributed by atoms with van der Waals surface area (Å²) in [6, 6.07) is 15.7. The van der Waals surface area contributed by atoms with Crippen molar-refractivity contribution in [2.75, 3.05) is 0 Å². The van der Waals surface area contributed by atoms with Gasteiger partial charge in [-0.25, -0.2) is 0 Å². The fraction of sp³-hybridized carbons (Fsp3) is 0.286. The molecule has 0 aliphatic carbocycles. The molecule has 134 valence electrons. The molecule has 5 nitrogen and oxygen atoms in total. The maximum absolute atomic E-state index is 12.5. The third kappa shape index (κ3) is 5.18. The summed E-state index contributed by atoms with van der Waals surface area (Å²) in [4.78, 5) is 24.9. The Kier molecular flexibility index (Phi) is 6.51. The van der Waals surface area contributed by atoms with Crippen molar-refractivity contribution < 1.29 is 9.59 Å². The molecule has 0 aliphatic heterocycles. The summed E-state index contributed by atoms with van der Waals surface area (Å²) >= 11 is 0. The maximum atomic E-state index is 12.5. The number of carbonyl (C=O) groups is 2. The van der Waals surface area contributed by atoms with Gasteiger partial charge in [-0.15, -0.1) is 0 Å². The molecule has 0 aliphatic rings. The van der Waals surface area contributed by atoms with Gasteiger partial charge >= 0.3 is 0 Å². The van der Waals surface area contributed by atoms with Crippen molar-refractivity contribution >= 4 is 11.8 Å². The fourth-order valence-corrected chi connectivity index (χ4v) is 2.51. The maximum Gasteiger partial charge on any atom is 0.251 e. The smallest absolute Gasteiger partial charge is 0.251 e. The van der Waals surface area contributed by atoms with Gasteiger partial charge in [-0.2, -0.15) is 5.26 Å². The average molecular weight is 349 g/mol. The van der Waals surface area contributed by atoms with Crippen molar-refractivity contribution in [3.63, 3.8) is 0 Å². The minimum Gasteiger partial charge on any atom is -0.350 e. The molecule has 2 aromatic rings. The third-order valence-electron chi connectivity index (χ3n) is 4.07. The molecule has 0 fully saturated rings. The standard InChI is InChI=1S/C21H23N3O2/c1-14(2)19(24-20(25)18-9-7-15(3)8-10-18)21(26)23-13-17-6-4-5-16(11-17)12-22/h4-11,14,19H,13H2,1-3H3,(H,23,26)(H,24,25). The van der Waals surface area contributed by atoms with Crippen LogP contribution in [0.15, 0.2) is 48.5 Å². The van der Waals surface area contributed by atoms with Crippen LogP contribution < -0.4 is 10.6 Å². The number of nitriles is 1. The minimum atomic E-state index is -0.636. The average Bonchev–Trinajstić information content (AvgIpc) is 2.64. The van der Waals surface area contributed by atoms with E-state index in [9.17, 15) is 9.59 Å². The minimum absolute atomic E-state index is 0.0603. The van der Waals surface area contributed by atoms with Gasteiger partial charge in [0.1, 0.15) is 6.04 Å². The first kappa shape index (κ1) is 19.2. The van der Waals surface area contributed by atoms with E-state index in [-0.39, 0.29) is 17.7 Å². The van der Waals surface area contributed by atoms with E-state index in [0.29, 0.717) is 17.7 Å². The van der Waals surface area contributed by atoms with Crippen LogP contribution in [0.25, 0.3) is 0 Å². The summed E-state index contributed by atoms with van der Waals surface area (Å²) < 4.78 is 0. The molecule has 0 radical (unpaired) electrons. The summed E-state index contributed by atoms with van der Waals surface area (Å²) in [6.07, 6.45) is 0. The molecular formula is C21H23N3O2. The molecule has 0 bridgehead atoms. The molecule has 1 unspecified atom stereocenters. The molecule has 0 spiro atoms. The first-order chi connectivity index (χ1) is 12.4. The first-order valence-electron chi connectivity index (χ1n) is 8.55. The topological polar surface area (TPSA) is 82.0 Å². The molecule has 2 rings (SSSR count). The highest BCUT2D eigenvalue weighted by Crippen LogP contribution is 2.08. The number of nitrogens with zero attached hydrogens (tertiary/aromatic N) is 1. The van der Waals surface area contributed by atoms with Gasteiger partial charge in [-0.3, -0.25) is 9.59 Å². The quantitative estimate of drug-likeness (QED) is 0.841. The van der Waals surface area contributed by atoms with E-state index in [1.807, 2.05) is 39.0 Å². The van der Waals surface area contributed by atoms with E-state index >= 15 is 0 Å². The molecule has 0 heterocycles. The Labute approximate surface area is 154 Å². The number of amides is 2. The molecule has 5 heteroatoms. The fourth-order valence-electron chi connectivity index (χ4n) is 2.51. The molecule has 2 aromatic carbocycles. The lowest BCUT2D eigenvalue weighted by Crippen LogP contribution is -2.49. The Morgan fingerprint density at radius 1 is 1.12 bits per heavy atom. The van der Waals surface area contributed by atoms with Crippen LogP contribution in [0.4, 0.5) is 0 Å². The van der Waals surface area contributed by atoms with E-state index in [2.05, 4.69) is 16.7 Å². The Morgan fingerprint density at radius 3 is 2.42 bits per heavy atom. The van der Waals surface area contributed by atoms with Crippen LogP contribution in [-0.4, -0.2) is 17.9 Å². The number of hydrogen-bond donors (Lipinski definition) is 2. The van der Waals surface area contributed by atoms with Gasteiger partial charge in [0, 0.05) is 12.1 Å². The second-order valence-corrected chi connectivity index (χ2v) is 6.59. The van der Waals surface area contributed by atoms with Crippen LogP contribution in [0.2, 0.25) is 0 Å². The molecule has 0 aromatic heterocycles. The van der Waals surface area contributed by atoms with Gasteiger partial charge in [0.2, 0.25) is 5.91 Å². The van der Waals surface area contributed by atoms with E-state index in [4.69, 9.17) is 5.26 Å². The number of rotatable bonds is 6. The Morgan fingerprint density at radius 2 is 1.81 bits per heavy atom. The Bertz CT molecular complexity index is 820. The number of hydrogen-bond acceptors (Lipinski definition) is 3. The number of carbonyl (C=O) groups excluding carboxylic acids is 2. The monoisotopic (exact) mass is 349 g/mol. The molecule has 2 N–H and O–H groups in total. The SMILES string of the molecule is Cc1ccc(C(=O)NC(C(=O)NCc2cccc(C#N)c2)C(C)C)cc1. The summed E-state index contributed by atoms with van der Waals surface area (Å²) in [5.41, 5.74) is 2.98. The van der Waals surface area contributed by atoms with Crippen LogP contribution in [0.3, 0.4) is 0 Å². The van der Waals surface area contributed by atoms with Crippen molar-refractivity contribution in [2.45, 2.75) is 33.4 Å². The zero-order valence-electron chi connectivity index (χ0n) is 15.2. The van der Waals surface area contributed by atoms with E-state index in [1.165, 1.54) is 0 Å². The third-order valence-corrected chi connectivity index (χ3v) is 4.07. The molecule has 26 heavy (non-hydrogen) atoms. The van der Waals surface area contributed by atoms with Gasteiger partial charge in [0.15, 0.2) is 0 Å². The van der Waals surface area contributed by atoms with Crippen LogP contribution in [-0.2, 0) is 11.3 Å². The zero-order chi connectivity index (χ0) is 19.1. The molecule has 1 atom stereocenters. The Hall–Kier alpha value is -3.13. The van der Waals surface area contributed by atoms with Crippen LogP contribution in [0, 0.1) is 24.2 Å². The number of benzene rings is 2. The lowest BCUT2D eigenvalue weighted by Gasteiger charge is -2.22. The van der Waals surface area contributed by atoms with Gasteiger partial charge < -0.3 is 10.6 Å². The van der Waals surface area contributed by atoms with Crippen LogP contribution in [0.5, 0.6) is 0 Å². The largest absolute Gasteiger partial charge is 0.350 e. The van der Waals surface area contributed by atoms with Crippen molar-refractivity contribution in [3.05, 3.63) is 70.8 Å². The van der Waals surface area contributed by atoms with Crippen molar-refractivity contribution in [1.82, 2.24) is 10.6 Å². The normalized spacial score (nSPS) is 11.5. The summed E-state index contributed by atoms with van der Waals surface area (Å²) in [6.45, 7) is 6.03. The summed E-state index contributed by atoms with van der Waals surface area (Å²) in [7, 11) is 0. The first-order valence-corrected chi connectivity index (χ1v) is 8.55. The lowest BCUT2D eigenvalue weighted by atomic mass is 10.0. The number of aryl methyl sites for hydroxylation is 1. The highest BCUT2D eigenvalue weighted by Gasteiger charge is 2.24. The van der Waals surface area contributed by atoms with Crippen molar-refractivity contribution in [3.8, 4) is 6.07 Å². The highest BCUT2D eigenvalue weighted by molar-refractivity contribution is 5.97. The van der Waals surface area contributed by atoms with Gasteiger partial charge in [0.05, 0.1) is 11.6 Å². The van der Waals surface area contributed by atoms with Crippen molar-refractivity contribution in [2.24, 2.45) is 5.92 Å². The number of nitrogens with one attached hydrogen (secondary N) is 2. The highest BCUT2D eigenvalue weighted by atomic mass is 16.2. The lowest BCUT2D eigenvalue weighted by molar-refractivity contribution is -0.124. The molecule has 0 saturated carbocycles. The van der Waals surface area contributed by atoms with Crippen molar-refractivity contribution in [1.29, 1.82) is 5.26 Å². The van der Waals surface area contributed by atoms with E-state index in [0.717, 1.165) is 11.1 Å². The summed E-state index contributed by atoms with van der Waals surface area (Å²) in [5, 5.41) is 14.6. The molecule has 2 amide bonds. The Balaban J connectivity index is 2.01. The predicted molar refractivity (Wildman–Crippen MR) is 100 cm³/mol. The van der Waals surface area contributed by atoms with E-state index < -0.39 is 6.04 Å². The molecular weight excluding hydrogens is 326 g/mol. The molecule has 0 saturated heterocycles. The zero-order valence-corrected chi connectivity index (χ0v) is 15.2. The second kappa shape index (κ2) is 8.82. The second-order valence-electron chi connectivity index (χ2n) is 6.59. The van der Waals surface area contributed by atoms with E-state index in [1.54, 1.807) is 30.3 Å².